The number of pyridine rings is 1. The molecular formula is C20H20N2O4S2. The minimum absolute atomic E-state index is 0.131. The van der Waals surface area contributed by atoms with Gasteiger partial charge in [-0.2, -0.15) is 0 Å². The zero-order valence-electron chi connectivity index (χ0n) is 15.0. The van der Waals surface area contributed by atoms with Crippen LogP contribution in [0.25, 0.3) is 0 Å². The van der Waals surface area contributed by atoms with Crippen molar-refractivity contribution >= 4 is 19.9 Å². The Morgan fingerprint density at radius 3 is 2.07 bits per heavy atom. The van der Waals surface area contributed by atoms with Crippen LogP contribution in [0.2, 0.25) is 0 Å². The summed E-state index contributed by atoms with van der Waals surface area (Å²) < 4.78 is 53.7. The topological polar surface area (TPSA) is 93.2 Å². The molecule has 1 heterocycles. The van der Waals surface area contributed by atoms with Gasteiger partial charge in [0.15, 0.2) is 9.84 Å². The van der Waals surface area contributed by atoms with Crippen molar-refractivity contribution in [2.45, 2.75) is 15.9 Å². The van der Waals surface area contributed by atoms with Crippen LogP contribution in [0.1, 0.15) is 16.4 Å². The van der Waals surface area contributed by atoms with Crippen LogP contribution >= 0.6 is 0 Å². The lowest BCUT2D eigenvalue weighted by molar-refractivity contribution is 0.568. The Balaban J connectivity index is 1.87. The van der Waals surface area contributed by atoms with Gasteiger partial charge in [0.2, 0.25) is 10.0 Å². The lowest BCUT2D eigenvalue weighted by Crippen LogP contribution is -2.32. The van der Waals surface area contributed by atoms with E-state index in [0.29, 0.717) is 11.1 Å². The van der Waals surface area contributed by atoms with Gasteiger partial charge >= 0.3 is 0 Å². The first-order chi connectivity index (χ1) is 13.4. The third kappa shape index (κ3) is 5.03. The number of hydrogen-bond acceptors (Lipinski definition) is 5. The molecule has 146 valence electrons. The summed E-state index contributed by atoms with van der Waals surface area (Å²) in [5, 5.41) is -1.09. The molecule has 1 unspecified atom stereocenters. The van der Waals surface area contributed by atoms with Crippen LogP contribution in [0, 0.1) is 0 Å². The summed E-state index contributed by atoms with van der Waals surface area (Å²) in [5.41, 5.74) is 1.05. The van der Waals surface area contributed by atoms with E-state index in [4.69, 9.17) is 0 Å². The summed E-state index contributed by atoms with van der Waals surface area (Å²) in [6.07, 6.45) is 2.98. The average molecular weight is 417 g/mol. The molecule has 0 aliphatic heterocycles. The summed E-state index contributed by atoms with van der Waals surface area (Å²) in [6.45, 7) is -0.280. The third-order valence-electron chi connectivity index (χ3n) is 4.19. The van der Waals surface area contributed by atoms with Crippen molar-refractivity contribution in [1.29, 1.82) is 0 Å². The molecule has 0 radical (unpaired) electrons. The maximum absolute atomic E-state index is 13.1. The highest BCUT2D eigenvalue weighted by Gasteiger charge is 2.30. The van der Waals surface area contributed by atoms with Gasteiger partial charge in [0.05, 0.1) is 10.6 Å². The molecule has 6 nitrogen and oxygen atoms in total. The SMILES string of the molecule is O=S(=O)(Cc1ccccc1)NCC(c1cccnc1)S(=O)(=O)c1ccccc1. The second-order valence-corrected chi connectivity index (χ2v) is 10.2. The van der Waals surface area contributed by atoms with E-state index in [-0.39, 0.29) is 17.2 Å². The number of nitrogens with zero attached hydrogens (tertiary/aromatic N) is 1. The van der Waals surface area contributed by atoms with Crippen LogP contribution in [-0.2, 0) is 25.6 Å². The molecular weight excluding hydrogens is 396 g/mol. The largest absolute Gasteiger partial charge is 0.264 e. The van der Waals surface area contributed by atoms with Crippen molar-refractivity contribution in [3.63, 3.8) is 0 Å². The van der Waals surface area contributed by atoms with Crippen molar-refractivity contribution in [2.75, 3.05) is 6.54 Å². The second kappa shape index (κ2) is 8.64. The third-order valence-corrected chi connectivity index (χ3v) is 7.63. The first kappa shape index (κ1) is 20.2. The molecule has 0 spiro atoms. The number of sulfone groups is 1. The van der Waals surface area contributed by atoms with Gasteiger partial charge in [0.25, 0.3) is 0 Å². The number of nitrogens with one attached hydrogen (secondary N) is 1. The number of rotatable bonds is 8. The molecule has 0 saturated carbocycles. The van der Waals surface area contributed by atoms with E-state index >= 15 is 0 Å². The first-order valence-electron chi connectivity index (χ1n) is 8.59. The fourth-order valence-corrected chi connectivity index (χ4v) is 5.72. The molecule has 1 N–H and O–H groups in total. The van der Waals surface area contributed by atoms with Crippen LogP contribution in [-0.4, -0.2) is 28.4 Å². The smallest absolute Gasteiger partial charge is 0.215 e. The van der Waals surface area contributed by atoms with E-state index < -0.39 is 25.1 Å². The van der Waals surface area contributed by atoms with Crippen LogP contribution < -0.4 is 4.72 Å². The molecule has 3 rings (SSSR count). The molecule has 1 aromatic heterocycles. The molecule has 0 amide bonds. The Kier molecular flexibility index (Phi) is 6.23. The highest BCUT2D eigenvalue weighted by atomic mass is 32.2. The monoisotopic (exact) mass is 416 g/mol. The number of aromatic nitrogens is 1. The molecule has 8 heteroatoms. The number of benzene rings is 2. The molecule has 0 aliphatic carbocycles. The van der Waals surface area contributed by atoms with Crippen molar-refractivity contribution in [2.24, 2.45) is 0 Å². The summed E-state index contributed by atoms with van der Waals surface area (Å²) in [7, 11) is -7.53. The lowest BCUT2D eigenvalue weighted by Gasteiger charge is -2.19. The second-order valence-electron chi connectivity index (χ2n) is 6.23. The van der Waals surface area contributed by atoms with Gasteiger partial charge in [0, 0.05) is 18.9 Å². The maximum Gasteiger partial charge on any atom is 0.215 e. The first-order valence-corrected chi connectivity index (χ1v) is 11.8. The Morgan fingerprint density at radius 2 is 1.46 bits per heavy atom. The van der Waals surface area contributed by atoms with E-state index in [0.717, 1.165) is 0 Å². The van der Waals surface area contributed by atoms with E-state index in [1.165, 1.54) is 24.5 Å². The number of sulfonamides is 1. The Labute approximate surface area is 165 Å². The summed E-state index contributed by atoms with van der Waals surface area (Å²) in [6, 6.07) is 20.0. The minimum Gasteiger partial charge on any atom is -0.264 e. The standard InChI is InChI=1S/C20H20N2O4S2/c23-27(24,16-17-8-3-1-4-9-17)22-15-20(18-10-7-13-21-14-18)28(25,26)19-11-5-2-6-12-19/h1-14,20,22H,15-16H2. The van der Waals surface area contributed by atoms with E-state index in [1.807, 2.05) is 0 Å². The Hall–Kier alpha value is -2.55. The summed E-state index contributed by atoms with van der Waals surface area (Å²) in [4.78, 5) is 4.11. The molecule has 2 aromatic carbocycles. The highest BCUT2D eigenvalue weighted by molar-refractivity contribution is 7.92. The molecule has 0 fully saturated rings. The highest BCUT2D eigenvalue weighted by Crippen LogP contribution is 2.28. The zero-order chi connectivity index (χ0) is 20.0. The molecule has 28 heavy (non-hydrogen) atoms. The van der Waals surface area contributed by atoms with Crippen LogP contribution in [0.3, 0.4) is 0 Å². The van der Waals surface area contributed by atoms with Crippen LogP contribution in [0.15, 0.2) is 90.1 Å². The quantitative estimate of drug-likeness (QED) is 0.609. The normalized spacial score (nSPS) is 13.1. The van der Waals surface area contributed by atoms with Gasteiger partial charge in [0.1, 0.15) is 5.25 Å². The summed E-state index contributed by atoms with van der Waals surface area (Å²) >= 11 is 0. The molecule has 1 atom stereocenters. The van der Waals surface area contributed by atoms with Gasteiger partial charge in [-0.25, -0.2) is 21.6 Å². The van der Waals surface area contributed by atoms with Crippen LogP contribution in [0.4, 0.5) is 0 Å². The predicted octanol–water partition coefficient (Wildman–Crippen LogP) is 2.72. The fraction of sp³-hybridized carbons (Fsp3) is 0.150. The minimum atomic E-state index is -3.82. The van der Waals surface area contributed by atoms with Gasteiger partial charge in [-0.3, -0.25) is 4.98 Å². The van der Waals surface area contributed by atoms with Crippen molar-refractivity contribution < 1.29 is 16.8 Å². The molecule has 0 bridgehead atoms. The molecule has 3 aromatic rings. The summed E-state index contributed by atoms with van der Waals surface area (Å²) in [5.74, 6) is -0.223. The average Bonchev–Trinajstić information content (AvgIpc) is 2.70. The van der Waals surface area contributed by atoms with Gasteiger partial charge in [-0.1, -0.05) is 54.6 Å². The van der Waals surface area contributed by atoms with Crippen LogP contribution in [0.5, 0.6) is 0 Å². The van der Waals surface area contributed by atoms with Crippen molar-refractivity contribution in [3.05, 3.63) is 96.3 Å². The van der Waals surface area contributed by atoms with Crippen molar-refractivity contribution in [1.82, 2.24) is 9.71 Å². The van der Waals surface area contributed by atoms with E-state index in [1.54, 1.807) is 60.7 Å². The number of hydrogen-bond donors (Lipinski definition) is 1. The molecule has 0 saturated heterocycles. The lowest BCUT2D eigenvalue weighted by atomic mass is 10.2. The molecule has 0 aliphatic rings. The zero-order valence-corrected chi connectivity index (χ0v) is 16.6. The predicted molar refractivity (Wildman–Crippen MR) is 108 cm³/mol. The Morgan fingerprint density at radius 1 is 0.821 bits per heavy atom. The Bertz CT molecular complexity index is 1100. The van der Waals surface area contributed by atoms with E-state index in [9.17, 15) is 16.8 Å². The van der Waals surface area contributed by atoms with E-state index in [2.05, 4.69) is 9.71 Å². The van der Waals surface area contributed by atoms with Gasteiger partial charge in [-0.05, 0) is 29.3 Å². The van der Waals surface area contributed by atoms with Gasteiger partial charge in [-0.15, -0.1) is 0 Å². The fourth-order valence-electron chi connectivity index (χ4n) is 2.79. The maximum atomic E-state index is 13.1. The van der Waals surface area contributed by atoms with Gasteiger partial charge < -0.3 is 0 Å². The van der Waals surface area contributed by atoms with Crippen molar-refractivity contribution in [3.8, 4) is 0 Å².